The van der Waals surface area contributed by atoms with Crippen molar-refractivity contribution in [1.82, 2.24) is 74.7 Å². The van der Waals surface area contributed by atoms with Gasteiger partial charge < -0.3 is 77.3 Å². The van der Waals surface area contributed by atoms with Gasteiger partial charge in [0, 0.05) is 84.2 Å². The zero-order valence-corrected chi connectivity index (χ0v) is 74.4. The lowest BCUT2D eigenvalue weighted by molar-refractivity contribution is -0.112. The molecule has 0 unspecified atom stereocenters. The number of carbonyl (C=O) groups is 9. The summed E-state index contributed by atoms with van der Waals surface area (Å²) in [4.78, 5) is 126. The minimum atomic E-state index is -0.658. The van der Waals surface area contributed by atoms with Crippen LogP contribution in [-0.2, 0) is 64.7 Å². The lowest BCUT2D eigenvalue weighted by atomic mass is 10.00. The number of likely N-dealkylation sites (N-methyl/N-ethyl adjacent to an activating group) is 3. The number of hydrogen-bond acceptors (Lipinski definition) is 15. The summed E-state index contributed by atoms with van der Waals surface area (Å²) < 4.78 is 5.45. The summed E-state index contributed by atoms with van der Waals surface area (Å²) in [5.74, 6) is -0.676. The van der Waals surface area contributed by atoms with Crippen LogP contribution in [0, 0.1) is 0 Å². The fourth-order valence-electron chi connectivity index (χ4n) is 15.3. The third-order valence-electron chi connectivity index (χ3n) is 21.3. The van der Waals surface area contributed by atoms with Crippen LogP contribution in [-0.4, -0.2) is 174 Å². The van der Waals surface area contributed by atoms with Gasteiger partial charge in [-0.25, -0.2) is 14.4 Å². The predicted octanol–water partition coefficient (Wildman–Crippen LogP) is 12.7. The zero-order valence-electron chi connectivity index (χ0n) is 71.4. The molecule has 0 saturated heterocycles. The first-order valence-electron chi connectivity index (χ1n) is 39.2. The number of nitrogens with zero attached hydrogens (tertiary/aromatic N) is 12. The molecule has 1 aliphatic carbocycles. The van der Waals surface area contributed by atoms with Gasteiger partial charge in [-0.1, -0.05) is 111 Å². The first-order chi connectivity index (χ1) is 56.6. The van der Waals surface area contributed by atoms with Crippen molar-refractivity contribution < 1.29 is 43.2 Å². The fourth-order valence-corrected chi connectivity index (χ4v) is 15.3. The Morgan fingerprint density at radius 3 is 0.893 bits per heavy atom. The molecule has 33 heteroatoms. The first-order valence-corrected chi connectivity index (χ1v) is 39.2. The smallest absolute Gasteiger partial charge is 0.319 e. The molecule has 0 spiro atoms. The summed E-state index contributed by atoms with van der Waals surface area (Å²) in [5.41, 5.74) is 9.19. The van der Waals surface area contributed by atoms with Gasteiger partial charge in [-0.3, -0.25) is 42.8 Å². The Balaban J connectivity index is 0.000000225. The van der Waals surface area contributed by atoms with E-state index in [0.29, 0.717) is 90.5 Å². The van der Waals surface area contributed by atoms with Gasteiger partial charge >= 0.3 is 18.1 Å². The van der Waals surface area contributed by atoms with Crippen LogP contribution in [0.3, 0.4) is 0 Å². The second kappa shape index (κ2) is 40.9. The standard InChI is InChI=1S/C31H37N7O3.2C29H35N7O3.3H2S/c1-6-26(39)32-22-14-12-21(13-15-22)29(40)34-28-24-18-37(31(2,3)27(24)38(35-28)23-16-17-23)30(41)33-25(19-36(4)5)20-10-8-7-9-11-20;2*1-7-24(37)30-21-15-13-20(14-16-21)27(38)32-26-22-17-36(29(2,3)25(22)35(6)33-26)28(39)31-23(18-34(4)5)19-11-9-8-10-12-19;;;/h6-15,23,25H,1,16-19H2,2-5H3,(H,32,39)(H,33,41)(H,34,35,40);2*7-16,23H,1,17-18H2,2-6H3,(H,30,37)(H,31,39)(H,32,33,38);3*1H2/t25-;2*23-;;;/m111.../s1. The van der Waals surface area contributed by atoms with Crippen LogP contribution in [0.1, 0.15) is 160 Å². The number of aryl methyl sites for hydroxylation is 2. The molecule has 6 heterocycles. The van der Waals surface area contributed by atoms with Crippen molar-refractivity contribution in [2.75, 3.05) is 93.8 Å². The van der Waals surface area contributed by atoms with Crippen LogP contribution in [0.15, 0.2) is 202 Å². The maximum atomic E-state index is 13.8. The van der Waals surface area contributed by atoms with E-state index < -0.39 is 16.6 Å². The van der Waals surface area contributed by atoms with Crippen LogP contribution >= 0.6 is 40.5 Å². The molecule has 30 nitrogen and oxygen atoms in total. The molecule has 9 N–H and O–H groups in total. The molecule has 3 aromatic heterocycles. The third-order valence-corrected chi connectivity index (χ3v) is 21.3. The highest BCUT2D eigenvalue weighted by molar-refractivity contribution is 7.59. The second-order valence-corrected chi connectivity index (χ2v) is 32.1. The SMILES string of the molecule is C=CC(=O)Nc1ccc(C(=O)Nc2nn(C)c3c2CN(C(=O)N[C@H](CN(C)C)c2ccccc2)C3(C)C)cc1.C=CC(=O)Nc1ccc(C(=O)Nc2nn(C)c3c2CN(C(=O)N[C@H](CN(C)C)c2ccccc2)C3(C)C)cc1.C=CC(=O)Nc1ccc(C(=O)Nc2nn(C3CC3)c3c2CN(C(=O)N[C@H](CN(C)C)c2ccccc2)C3(C)C)cc1.S.S.S. The van der Waals surface area contributed by atoms with E-state index in [1.807, 2.05) is 208 Å². The highest BCUT2D eigenvalue weighted by Crippen LogP contribution is 2.48. The van der Waals surface area contributed by atoms with Crippen molar-refractivity contribution in [3.05, 3.63) is 269 Å². The van der Waals surface area contributed by atoms with E-state index in [2.05, 4.69) is 82.7 Å². The van der Waals surface area contributed by atoms with Gasteiger partial charge in [0.15, 0.2) is 17.5 Å². The van der Waals surface area contributed by atoms with E-state index in [1.54, 1.807) is 92.0 Å². The lowest BCUT2D eigenvalue weighted by Gasteiger charge is -2.35. The van der Waals surface area contributed by atoms with Crippen molar-refractivity contribution >= 4 is 129 Å². The van der Waals surface area contributed by atoms with Crippen molar-refractivity contribution in [1.29, 1.82) is 0 Å². The highest BCUT2D eigenvalue weighted by Gasteiger charge is 2.50. The number of urea groups is 3. The van der Waals surface area contributed by atoms with Crippen LogP contribution in [0.4, 0.5) is 48.9 Å². The van der Waals surface area contributed by atoms with Gasteiger partial charge in [-0.2, -0.15) is 55.8 Å². The van der Waals surface area contributed by atoms with Crippen molar-refractivity contribution in [3.8, 4) is 0 Å². The van der Waals surface area contributed by atoms with Gasteiger partial charge in [0.2, 0.25) is 17.7 Å². The van der Waals surface area contributed by atoms with Gasteiger partial charge in [-0.05, 0) is 204 Å². The molecule has 646 valence electrons. The molecule has 0 radical (unpaired) electrons. The van der Waals surface area contributed by atoms with Crippen LogP contribution in [0.2, 0.25) is 0 Å². The molecule has 1 saturated carbocycles. The van der Waals surface area contributed by atoms with Crippen molar-refractivity contribution in [2.45, 2.75) is 115 Å². The minimum absolute atomic E-state index is 0. The van der Waals surface area contributed by atoms with Gasteiger partial charge in [-0.15, -0.1) is 0 Å². The van der Waals surface area contributed by atoms with Crippen molar-refractivity contribution in [2.24, 2.45) is 14.1 Å². The number of hydrogen-bond donors (Lipinski definition) is 9. The second-order valence-electron chi connectivity index (χ2n) is 32.1. The predicted molar refractivity (Wildman–Crippen MR) is 492 cm³/mol. The summed E-state index contributed by atoms with van der Waals surface area (Å²) in [6.45, 7) is 25.2. The van der Waals surface area contributed by atoms with E-state index in [9.17, 15) is 43.2 Å². The van der Waals surface area contributed by atoms with E-state index in [-0.39, 0.29) is 118 Å². The maximum absolute atomic E-state index is 13.8. The van der Waals surface area contributed by atoms with Crippen LogP contribution in [0.5, 0.6) is 0 Å². The normalized spacial score (nSPS) is 14.7. The van der Waals surface area contributed by atoms with Gasteiger partial charge in [0.05, 0.1) is 77.5 Å². The number of nitrogens with one attached hydrogen (secondary N) is 9. The van der Waals surface area contributed by atoms with Crippen LogP contribution < -0.4 is 47.9 Å². The number of rotatable bonds is 25. The summed E-state index contributed by atoms with van der Waals surface area (Å²) in [6.07, 6.45) is 5.57. The highest BCUT2D eigenvalue weighted by atomic mass is 32.1. The van der Waals surface area contributed by atoms with Crippen LogP contribution in [0.25, 0.3) is 0 Å². The molecule has 3 atom stereocenters. The Kier molecular flexibility index (Phi) is 31.9. The Morgan fingerprint density at radius 2 is 0.639 bits per heavy atom. The number of benzene rings is 6. The van der Waals surface area contributed by atoms with Gasteiger partial charge in [0.1, 0.15) is 0 Å². The minimum Gasteiger partial charge on any atom is -0.330 e. The number of anilines is 6. The average Bonchev–Trinajstić information content (AvgIpc) is 1.57. The molecular formula is C89H113N21O9S3. The Labute approximate surface area is 733 Å². The molecular weight excluding hydrogens is 1600 g/mol. The largest absolute Gasteiger partial charge is 0.330 e. The molecule has 122 heavy (non-hydrogen) atoms. The van der Waals surface area contributed by atoms with E-state index >= 15 is 0 Å². The third kappa shape index (κ3) is 22.3. The Morgan fingerprint density at radius 1 is 0.385 bits per heavy atom. The number of fused-ring (bicyclic) bond motifs is 3. The van der Waals surface area contributed by atoms with E-state index in [4.69, 9.17) is 5.10 Å². The summed E-state index contributed by atoms with van der Waals surface area (Å²) in [6, 6.07) is 48.6. The summed E-state index contributed by atoms with van der Waals surface area (Å²) in [5, 5.41) is 40.4. The lowest BCUT2D eigenvalue weighted by Crippen LogP contribution is -2.49. The summed E-state index contributed by atoms with van der Waals surface area (Å²) >= 11 is 0. The zero-order chi connectivity index (χ0) is 85.9. The number of amides is 12. The average molecular weight is 1720 g/mol. The fraction of sp³-hybridized carbons (Fsp3) is 0.326. The first kappa shape index (κ1) is 95.2. The summed E-state index contributed by atoms with van der Waals surface area (Å²) in [7, 11) is 15.5. The Bertz CT molecular complexity index is 5050. The molecule has 4 aliphatic rings. The van der Waals surface area contributed by atoms with Crippen molar-refractivity contribution in [3.63, 3.8) is 0 Å². The maximum Gasteiger partial charge on any atom is 0.319 e. The van der Waals surface area contributed by atoms with E-state index in [1.165, 1.54) is 18.2 Å². The number of aromatic nitrogens is 6. The Hall–Kier alpha value is -12.3. The molecule has 3 aliphatic heterocycles. The molecule has 13 rings (SSSR count). The van der Waals surface area contributed by atoms with E-state index in [0.717, 1.165) is 63.3 Å². The molecule has 9 aromatic rings. The molecule has 1 fully saturated rings. The molecule has 12 amide bonds. The quantitative estimate of drug-likeness (QED) is 0.0240. The van der Waals surface area contributed by atoms with Gasteiger partial charge in [0.25, 0.3) is 17.7 Å². The number of carbonyl (C=O) groups excluding carboxylic acids is 9. The monoisotopic (exact) mass is 1720 g/mol. The molecule has 6 aromatic carbocycles. The topological polar surface area (TPSA) is 335 Å². The molecule has 0 bridgehead atoms.